The predicted octanol–water partition coefficient (Wildman–Crippen LogP) is 3.56. The molecule has 0 saturated carbocycles. The van der Waals surface area contributed by atoms with Crippen molar-refractivity contribution in [3.05, 3.63) is 76.2 Å². The minimum Gasteiger partial charge on any atom is -0.496 e. The first-order chi connectivity index (χ1) is 16.5. The van der Waals surface area contributed by atoms with Gasteiger partial charge in [-0.15, -0.1) is 11.3 Å². The molecule has 0 aliphatic carbocycles. The monoisotopic (exact) mass is 480 g/mol. The number of aryl methyl sites for hydroxylation is 1. The number of hydrazone groups is 1. The van der Waals surface area contributed by atoms with Gasteiger partial charge in [-0.3, -0.25) is 9.59 Å². The molecule has 0 radical (unpaired) electrons. The Kier molecular flexibility index (Phi) is 7.44. The number of rotatable bonds is 9. The molecule has 9 heteroatoms. The normalized spacial score (nSPS) is 15.3. The highest BCUT2D eigenvalue weighted by Crippen LogP contribution is 2.37. The number of benzene rings is 1. The van der Waals surface area contributed by atoms with Gasteiger partial charge in [0.15, 0.2) is 0 Å². The van der Waals surface area contributed by atoms with Crippen LogP contribution >= 0.6 is 11.3 Å². The Hall–Kier alpha value is -3.43. The molecule has 4 rings (SSSR count). The number of carbonyl (C=O) groups excluding carboxylic acids is 2. The lowest BCUT2D eigenvalue weighted by Gasteiger charge is -2.27. The molecule has 1 aliphatic heterocycles. The molecule has 3 aromatic rings. The van der Waals surface area contributed by atoms with E-state index in [2.05, 4.69) is 0 Å². The molecule has 3 heterocycles. The second-order valence-electron chi connectivity index (χ2n) is 7.95. The summed E-state index contributed by atoms with van der Waals surface area (Å²) in [5.41, 5.74) is 2.63. The molecule has 34 heavy (non-hydrogen) atoms. The zero-order valence-corrected chi connectivity index (χ0v) is 20.3. The van der Waals surface area contributed by atoms with Crippen molar-refractivity contribution in [3.8, 4) is 5.75 Å². The summed E-state index contributed by atoms with van der Waals surface area (Å²) in [6.45, 7) is 0.536. The molecule has 2 amide bonds. The SMILES string of the molecule is COCCN(CC(=O)N1N=C(c2cccn2C)CC1c1ccccc1OC)C(=O)c1cccs1. The van der Waals surface area contributed by atoms with Crippen LogP contribution in [0.2, 0.25) is 0 Å². The van der Waals surface area contributed by atoms with Crippen LogP contribution in [-0.4, -0.2) is 65.9 Å². The minimum atomic E-state index is -0.338. The highest BCUT2D eigenvalue weighted by molar-refractivity contribution is 7.12. The van der Waals surface area contributed by atoms with Gasteiger partial charge in [-0.05, 0) is 29.6 Å². The summed E-state index contributed by atoms with van der Waals surface area (Å²) < 4.78 is 12.8. The lowest BCUT2D eigenvalue weighted by molar-refractivity contribution is -0.133. The molecular weight excluding hydrogens is 452 g/mol. The van der Waals surface area contributed by atoms with Gasteiger partial charge < -0.3 is 18.9 Å². The number of hydrogen-bond donors (Lipinski definition) is 0. The first-order valence-corrected chi connectivity index (χ1v) is 11.9. The van der Waals surface area contributed by atoms with E-state index in [1.165, 1.54) is 21.2 Å². The summed E-state index contributed by atoms with van der Waals surface area (Å²) in [4.78, 5) is 28.8. The maximum Gasteiger partial charge on any atom is 0.264 e. The fourth-order valence-corrected chi connectivity index (χ4v) is 4.78. The van der Waals surface area contributed by atoms with Crippen LogP contribution in [0.3, 0.4) is 0 Å². The van der Waals surface area contributed by atoms with Crippen molar-refractivity contribution in [2.24, 2.45) is 12.1 Å². The summed E-state index contributed by atoms with van der Waals surface area (Å²) in [7, 11) is 5.14. The number of thiophene rings is 1. The average molecular weight is 481 g/mol. The average Bonchev–Trinajstić information content (AvgIpc) is 3.62. The van der Waals surface area contributed by atoms with Crippen molar-refractivity contribution in [2.75, 3.05) is 33.9 Å². The van der Waals surface area contributed by atoms with E-state index in [0.29, 0.717) is 30.2 Å². The summed E-state index contributed by atoms with van der Waals surface area (Å²) in [6.07, 6.45) is 2.49. The first-order valence-electron chi connectivity index (χ1n) is 11.0. The molecule has 1 unspecified atom stereocenters. The van der Waals surface area contributed by atoms with E-state index in [1.807, 2.05) is 65.7 Å². The fourth-order valence-electron chi connectivity index (χ4n) is 4.09. The van der Waals surface area contributed by atoms with Crippen LogP contribution in [0.5, 0.6) is 5.75 Å². The Labute approximate surface area is 203 Å². The van der Waals surface area contributed by atoms with Crippen LogP contribution in [0, 0.1) is 0 Å². The van der Waals surface area contributed by atoms with Crippen molar-refractivity contribution < 1.29 is 19.1 Å². The van der Waals surface area contributed by atoms with Gasteiger partial charge >= 0.3 is 0 Å². The van der Waals surface area contributed by atoms with Crippen molar-refractivity contribution >= 4 is 28.9 Å². The molecule has 0 saturated heterocycles. The van der Waals surface area contributed by atoms with Crippen molar-refractivity contribution in [2.45, 2.75) is 12.5 Å². The smallest absolute Gasteiger partial charge is 0.264 e. The number of carbonyl (C=O) groups is 2. The number of hydrogen-bond acceptors (Lipinski definition) is 6. The fraction of sp³-hybridized carbons (Fsp3) is 0.320. The van der Waals surface area contributed by atoms with Crippen molar-refractivity contribution in [1.29, 1.82) is 0 Å². The van der Waals surface area contributed by atoms with E-state index in [-0.39, 0.29) is 24.4 Å². The molecule has 0 bridgehead atoms. The molecule has 0 fully saturated rings. The van der Waals surface area contributed by atoms with E-state index < -0.39 is 0 Å². The largest absolute Gasteiger partial charge is 0.496 e. The van der Waals surface area contributed by atoms with Gasteiger partial charge in [-0.25, -0.2) is 5.01 Å². The zero-order valence-electron chi connectivity index (χ0n) is 19.5. The Balaban J connectivity index is 1.65. The Bertz CT molecular complexity index is 1170. The Morgan fingerprint density at radius 2 is 1.97 bits per heavy atom. The third-order valence-corrected chi connectivity index (χ3v) is 6.67. The maximum atomic E-state index is 13.6. The van der Waals surface area contributed by atoms with Gasteiger partial charge in [0.25, 0.3) is 11.8 Å². The lowest BCUT2D eigenvalue weighted by Crippen LogP contribution is -2.42. The molecule has 8 nitrogen and oxygen atoms in total. The summed E-state index contributed by atoms with van der Waals surface area (Å²) in [5.74, 6) is 0.237. The molecule has 1 aromatic carbocycles. The molecule has 2 aromatic heterocycles. The number of methoxy groups -OCH3 is 2. The van der Waals surface area contributed by atoms with Gasteiger partial charge in [-0.2, -0.15) is 5.10 Å². The van der Waals surface area contributed by atoms with Crippen LogP contribution in [0.1, 0.15) is 33.4 Å². The van der Waals surface area contributed by atoms with Crippen LogP contribution in [0.15, 0.2) is 65.2 Å². The minimum absolute atomic E-state index is 0.102. The highest BCUT2D eigenvalue weighted by atomic mass is 32.1. The Morgan fingerprint density at radius 3 is 2.65 bits per heavy atom. The van der Waals surface area contributed by atoms with Crippen LogP contribution in [0.4, 0.5) is 0 Å². The summed E-state index contributed by atoms with van der Waals surface area (Å²) in [6, 6.07) is 14.8. The van der Waals surface area contributed by atoms with Gasteiger partial charge in [-0.1, -0.05) is 24.3 Å². The maximum absolute atomic E-state index is 13.6. The number of nitrogens with zero attached hydrogens (tertiary/aromatic N) is 4. The summed E-state index contributed by atoms with van der Waals surface area (Å²) >= 11 is 1.35. The Morgan fingerprint density at radius 1 is 1.15 bits per heavy atom. The highest BCUT2D eigenvalue weighted by Gasteiger charge is 2.36. The van der Waals surface area contributed by atoms with Crippen molar-refractivity contribution in [1.82, 2.24) is 14.5 Å². The molecule has 178 valence electrons. The first kappa shape index (κ1) is 23.7. The number of ether oxygens (including phenoxy) is 2. The standard InChI is InChI=1S/C25H28N4O4S/c1-27-12-6-9-20(27)19-16-21(18-8-4-5-10-22(18)33-3)29(26-19)24(30)17-28(13-14-32-2)25(31)23-11-7-15-34-23/h4-12,15,21H,13-14,16-17H2,1-3H3. The third kappa shape index (κ3) is 4.90. The lowest BCUT2D eigenvalue weighted by atomic mass is 9.99. The number of para-hydroxylation sites is 1. The van der Waals surface area contributed by atoms with Gasteiger partial charge in [0, 0.05) is 38.9 Å². The predicted molar refractivity (Wildman–Crippen MR) is 131 cm³/mol. The molecular formula is C25H28N4O4S. The second-order valence-corrected chi connectivity index (χ2v) is 8.90. The zero-order chi connectivity index (χ0) is 24.1. The molecule has 1 aliphatic rings. The van der Waals surface area contributed by atoms with E-state index in [4.69, 9.17) is 14.6 Å². The van der Waals surface area contributed by atoms with Gasteiger partial charge in [0.05, 0.1) is 36.0 Å². The summed E-state index contributed by atoms with van der Waals surface area (Å²) in [5, 5.41) is 8.08. The van der Waals surface area contributed by atoms with Crippen molar-refractivity contribution in [3.63, 3.8) is 0 Å². The van der Waals surface area contributed by atoms with E-state index in [1.54, 1.807) is 20.3 Å². The molecule has 1 atom stereocenters. The number of aromatic nitrogens is 1. The molecule has 0 N–H and O–H groups in total. The van der Waals surface area contributed by atoms with Crippen LogP contribution < -0.4 is 4.74 Å². The molecule has 0 spiro atoms. The van der Waals surface area contributed by atoms with E-state index in [0.717, 1.165) is 17.0 Å². The second kappa shape index (κ2) is 10.7. The van der Waals surface area contributed by atoms with E-state index >= 15 is 0 Å². The van der Waals surface area contributed by atoms with Gasteiger partial charge in [0.1, 0.15) is 12.3 Å². The quantitative estimate of drug-likeness (QED) is 0.469. The van der Waals surface area contributed by atoms with E-state index in [9.17, 15) is 9.59 Å². The topological polar surface area (TPSA) is 76.4 Å². The number of amides is 2. The van der Waals surface area contributed by atoms with Crippen LogP contribution in [-0.2, 0) is 16.6 Å². The van der Waals surface area contributed by atoms with Gasteiger partial charge in [0.2, 0.25) is 0 Å². The third-order valence-electron chi connectivity index (χ3n) is 5.81. The van der Waals surface area contributed by atoms with Crippen LogP contribution in [0.25, 0.3) is 0 Å².